The van der Waals surface area contributed by atoms with Crippen LogP contribution in [0.1, 0.15) is 39.7 Å². The number of hydrogen-bond donors (Lipinski definition) is 2. The molecule has 0 aliphatic carbocycles. The van der Waals surface area contributed by atoms with Gasteiger partial charge >= 0.3 is 0 Å². The van der Waals surface area contributed by atoms with Crippen molar-refractivity contribution < 1.29 is 14.6 Å². The van der Waals surface area contributed by atoms with E-state index in [1.165, 1.54) is 25.3 Å². The third-order valence-corrected chi connectivity index (χ3v) is 5.13. The molecule has 3 aromatic rings. The maximum Gasteiger partial charge on any atom is 0.292 e. The second-order valence-electron chi connectivity index (χ2n) is 6.97. The molecular formula is C23H20ClN5O4. The highest BCUT2D eigenvalue weighted by molar-refractivity contribution is 6.31. The number of phenolic OH excluding ortho intramolecular Hbond substituents is 1. The predicted octanol–water partition coefficient (Wildman–Crippen LogP) is 3.24. The Morgan fingerprint density at radius 2 is 2.09 bits per heavy atom. The molecule has 2 N–H and O–H groups in total. The van der Waals surface area contributed by atoms with Crippen LogP contribution in [-0.2, 0) is 0 Å². The third-order valence-electron chi connectivity index (χ3n) is 4.73. The summed E-state index contributed by atoms with van der Waals surface area (Å²) >= 11 is 6.16. The standard InChI is InChI=1S/C23H20ClN5O4/c1-4-33-20-9-15(6-8-19(20)30)12-26-27-22(31)21-14(3)17(11-25)23(32)29(28-21)16-7-5-13(2)18(24)10-16/h5-10,12,30H,4H2,1-3H3,(H,27,31). The second kappa shape index (κ2) is 9.97. The number of hydrogen-bond acceptors (Lipinski definition) is 7. The van der Waals surface area contributed by atoms with Crippen molar-refractivity contribution in [2.45, 2.75) is 20.8 Å². The molecule has 1 aromatic heterocycles. The lowest BCUT2D eigenvalue weighted by molar-refractivity contribution is 0.0947. The van der Waals surface area contributed by atoms with Crippen molar-refractivity contribution in [3.05, 3.63) is 79.7 Å². The number of nitriles is 1. The number of carbonyl (C=O) groups excluding carboxylic acids is 1. The first-order chi connectivity index (χ1) is 15.8. The molecule has 2 aromatic carbocycles. The van der Waals surface area contributed by atoms with Gasteiger partial charge in [0.2, 0.25) is 0 Å². The Balaban J connectivity index is 1.94. The van der Waals surface area contributed by atoms with E-state index in [2.05, 4.69) is 15.6 Å². The fourth-order valence-electron chi connectivity index (χ4n) is 2.94. The number of ether oxygens (including phenoxy) is 1. The van der Waals surface area contributed by atoms with Crippen molar-refractivity contribution in [3.8, 4) is 23.3 Å². The molecule has 168 valence electrons. The lowest BCUT2D eigenvalue weighted by Gasteiger charge is -2.11. The van der Waals surface area contributed by atoms with Gasteiger partial charge in [0.05, 0.1) is 18.5 Å². The van der Waals surface area contributed by atoms with Crippen molar-refractivity contribution >= 4 is 23.7 Å². The van der Waals surface area contributed by atoms with E-state index in [-0.39, 0.29) is 28.3 Å². The van der Waals surface area contributed by atoms with Crippen molar-refractivity contribution in [2.24, 2.45) is 5.10 Å². The van der Waals surface area contributed by atoms with Gasteiger partial charge in [0, 0.05) is 10.6 Å². The van der Waals surface area contributed by atoms with E-state index in [9.17, 15) is 20.0 Å². The number of benzene rings is 2. The van der Waals surface area contributed by atoms with Crippen molar-refractivity contribution in [1.82, 2.24) is 15.2 Å². The van der Waals surface area contributed by atoms with Gasteiger partial charge in [0.15, 0.2) is 17.2 Å². The summed E-state index contributed by atoms with van der Waals surface area (Å²) in [7, 11) is 0. The zero-order valence-electron chi connectivity index (χ0n) is 18.1. The van der Waals surface area contributed by atoms with E-state index in [0.717, 1.165) is 10.2 Å². The van der Waals surface area contributed by atoms with E-state index >= 15 is 0 Å². The number of carbonyl (C=O) groups is 1. The molecule has 0 atom stereocenters. The first-order valence-corrected chi connectivity index (χ1v) is 10.2. The SMILES string of the molecule is CCOc1cc(C=NNC(=O)c2nn(-c3ccc(C)c(Cl)c3)c(=O)c(C#N)c2C)ccc1O. The number of aryl methyl sites for hydroxylation is 1. The van der Waals surface area contributed by atoms with Crippen LogP contribution in [0.4, 0.5) is 0 Å². The summed E-state index contributed by atoms with van der Waals surface area (Å²) in [5, 5.41) is 27.7. The lowest BCUT2D eigenvalue weighted by atomic mass is 10.1. The zero-order valence-corrected chi connectivity index (χ0v) is 18.8. The van der Waals surface area contributed by atoms with Gasteiger partial charge in [-0.25, -0.2) is 5.43 Å². The minimum atomic E-state index is -0.712. The van der Waals surface area contributed by atoms with Crippen LogP contribution in [0.3, 0.4) is 0 Å². The first kappa shape index (κ1) is 23.5. The van der Waals surface area contributed by atoms with Crippen LogP contribution in [0.5, 0.6) is 11.5 Å². The van der Waals surface area contributed by atoms with E-state index in [0.29, 0.717) is 22.9 Å². The molecule has 0 unspecified atom stereocenters. The van der Waals surface area contributed by atoms with Gasteiger partial charge in [0.1, 0.15) is 11.6 Å². The van der Waals surface area contributed by atoms with Gasteiger partial charge < -0.3 is 9.84 Å². The smallest absolute Gasteiger partial charge is 0.292 e. The number of halogens is 1. The number of nitrogens with one attached hydrogen (secondary N) is 1. The average molecular weight is 466 g/mol. The molecule has 0 saturated heterocycles. The van der Waals surface area contributed by atoms with E-state index in [1.54, 1.807) is 38.1 Å². The minimum Gasteiger partial charge on any atom is -0.504 e. The van der Waals surface area contributed by atoms with Crippen LogP contribution in [-0.4, -0.2) is 33.6 Å². The highest BCUT2D eigenvalue weighted by Gasteiger charge is 2.20. The van der Waals surface area contributed by atoms with E-state index in [4.69, 9.17) is 16.3 Å². The molecule has 0 radical (unpaired) electrons. The number of aromatic hydroxyl groups is 1. The van der Waals surface area contributed by atoms with Crippen LogP contribution >= 0.6 is 11.6 Å². The fourth-order valence-corrected chi connectivity index (χ4v) is 3.12. The van der Waals surface area contributed by atoms with E-state index < -0.39 is 11.5 Å². The summed E-state index contributed by atoms with van der Waals surface area (Å²) in [5.74, 6) is -0.441. The number of amides is 1. The average Bonchev–Trinajstić information content (AvgIpc) is 2.78. The molecule has 0 aliphatic heterocycles. The number of aromatic nitrogens is 2. The van der Waals surface area contributed by atoms with Crippen molar-refractivity contribution in [2.75, 3.05) is 6.61 Å². The summed E-state index contributed by atoms with van der Waals surface area (Å²) in [6, 6.07) is 11.3. The zero-order chi connectivity index (χ0) is 24.1. The normalized spacial score (nSPS) is 10.8. The van der Waals surface area contributed by atoms with Crippen LogP contribution in [0, 0.1) is 25.2 Å². The summed E-state index contributed by atoms with van der Waals surface area (Å²) in [4.78, 5) is 25.5. The molecular weight excluding hydrogens is 446 g/mol. The maximum absolute atomic E-state index is 12.8. The first-order valence-electron chi connectivity index (χ1n) is 9.86. The van der Waals surface area contributed by atoms with Crippen LogP contribution in [0.2, 0.25) is 5.02 Å². The number of phenols is 1. The quantitative estimate of drug-likeness (QED) is 0.424. The van der Waals surface area contributed by atoms with Gasteiger partial charge in [0.25, 0.3) is 11.5 Å². The molecule has 9 nitrogen and oxygen atoms in total. The Hall–Kier alpha value is -4.16. The Bertz CT molecular complexity index is 1360. The summed E-state index contributed by atoms with van der Waals surface area (Å²) < 4.78 is 6.28. The highest BCUT2D eigenvalue weighted by Crippen LogP contribution is 2.26. The topological polar surface area (TPSA) is 130 Å². The van der Waals surface area contributed by atoms with Gasteiger partial charge in [-0.1, -0.05) is 17.7 Å². The monoisotopic (exact) mass is 465 g/mol. The molecule has 0 bridgehead atoms. The summed E-state index contributed by atoms with van der Waals surface area (Å²) in [6.45, 7) is 5.43. The molecule has 0 spiro atoms. The Morgan fingerprint density at radius 1 is 1.33 bits per heavy atom. The Labute approximate surface area is 194 Å². The van der Waals surface area contributed by atoms with Gasteiger partial charge in [-0.2, -0.15) is 20.1 Å². The van der Waals surface area contributed by atoms with Crippen molar-refractivity contribution in [1.29, 1.82) is 5.26 Å². The number of hydrazone groups is 1. The lowest BCUT2D eigenvalue weighted by Crippen LogP contribution is -2.31. The summed E-state index contributed by atoms with van der Waals surface area (Å²) in [6.07, 6.45) is 1.36. The molecule has 1 heterocycles. The minimum absolute atomic E-state index is 0.0136. The number of rotatable bonds is 6. The highest BCUT2D eigenvalue weighted by atomic mass is 35.5. The molecule has 1 amide bonds. The molecule has 3 rings (SSSR count). The molecule has 0 fully saturated rings. The van der Waals surface area contributed by atoms with Crippen LogP contribution < -0.4 is 15.7 Å². The number of nitrogens with zero attached hydrogens (tertiary/aromatic N) is 4. The second-order valence-corrected chi connectivity index (χ2v) is 7.38. The van der Waals surface area contributed by atoms with Crippen molar-refractivity contribution in [3.63, 3.8) is 0 Å². The largest absolute Gasteiger partial charge is 0.504 e. The molecule has 33 heavy (non-hydrogen) atoms. The molecule has 10 heteroatoms. The molecule has 0 aliphatic rings. The Morgan fingerprint density at radius 3 is 2.76 bits per heavy atom. The van der Waals surface area contributed by atoms with E-state index in [1.807, 2.05) is 6.07 Å². The summed E-state index contributed by atoms with van der Waals surface area (Å²) in [5.41, 5.74) is 3.14. The third kappa shape index (κ3) is 5.02. The van der Waals surface area contributed by atoms with Gasteiger partial charge in [-0.15, -0.1) is 0 Å². The predicted molar refractivity (Wildman–Crippen MR) is 123 cm³/mol. The van der Waals surface area contributed by atoms with Crippen LogP contribution in [0.15, 0.2) is 46.3 Å². The van der Waals surface area contributed by atoms with Gasteiger partial charge in [-0.3, -0.25) is 9.59 Å². The van der Waals surface area contributed by atoms with Crippen LogP contribution in [0.25, 0.3) is 5.69 Å². The Kier molecular flexibility index (Phi) is 7.10. The fraction of sp³-hybridized carbons (Fsp3) is 0.174. The van der Waals surface area contributed by atoms with Gasteiger partial charge in [-0.05, 0) is 62.2 Å². The molecule has 0 saturated carbocycles. The maximum atomic E-state index is 12.8.